The molecule has 7 heteroatoms. The summed E-state index contributed by atoms with van der Waals surface area (Å²) in [4.78, 5) is 14.1. The van der Waals surface area contributed by atoms with Crippen molar-refractivity contribution in [2.45, 2.75) is 53.8 Å². The van der Waals surface area contributed by atoms with Gasteiger partial charge in [0.25, 0.3) is 0 Å². The first-order chi connectivity index (χ1) is 10.8. The van der Waals surface area contributed by atoms with E-state index in [1.807, 2.05) is 49.3 Å². The lowest BCUT2D eigenvalue weighted by Gasteiger charge is -2.19. The lowest BCUT2D eigenvalue weighted by Crippen LogP contribution is -2.32. The van der Waals surface area contributed by atoms with Crippen molar-refractivity contribution in [3.05, 3.63) is 29.2 Å². The molecule has 2 rings (SSSR count). The van der Waals surface area contributed by atoms with E-state index < -0.39 is 0 Å². The van der Waals surface area contributed by atoms with E-state index in [1.54, 1.807) is 11.9 Å². The van der Waals surface area contributed by atoms with E-state index in [4.69, 9.17) is 0 Å². The third-order valence-corrected chi connectivity index (χ3v) is 3.84. The molecule has 2 aromatic heterocycles. The van der Waals surface area contributed by atoms with Crippen LogP contribution >= 0.6 is 0 Å². The third-order valence-electron chi connectivity index (χ3n) is 3.84. The number of nitrogens with zero attached hydrogens (tertiary/aromatic N) is 5. The van der Waals surface area contributed by atoms with Crippen molar-refractivity contribution >= 4 is 11.8 Å². The van der Waals surface area contributed by atoms with Gasteiger partial charge in [-0.25, -0.2) is 9.48 Å². The summed E-state index contributed by atoms with van der Waals surface area (Å²) in [5.41, 5.74) is 3.03. The average Bonchev–Trinajstić information content (AvgIpc) is 3.02. The summed E-state index contributed by atoms with van der Waals surface area (Å²) in [6, 6.07) is 1.91. The third kappa shape index (κ3) is 3.72. The molecule has 0 unspecified atom stereocenters. The maximum Gasteiger partial charge on any atom is 0.323 e. The molecule has 2 amide bonds. The van der Waals surface area contributed by atoms with E-state index in [2.05, 4.69) is 22.4 Å². The Morgan fingerprint density at radius 1 is 1.39 bits per heavy atom. The smallest absolute Gasteiger partial charge is 0.323 e. The maximum absolute atomic E-state index is 12.4. The van der Waals surface area contributed by atoms with Crippen LogP contribution in [0, 0.1) is 13.8 Å². The molecule has 0 aliphatic rings. The van der Waals surface area contributed by atoms with Crippen LogP contribution in [0.5, 0.6) is 0 Å². The van der Waals surface area contributed by atoms with E-state index >= 15 is 0 Å². The summed E-state index contributed by atoms with van der Waals surface area (Å²) < 4.78 is 3.75. The molecule has 0 atom stereocenters. The van der Waals surface area contributed by atoms with Gasteiger partial charge in [-0.05, 0) is 34.6 Å². The summed E-state index contributed by atoms with van der Waals surface area (Å²) in [5.74, 6) is 0.718. The van der Waals surface area contributed by atoms with E-state index in [1.165, 1.54) is 0 Å². The molecule has 0 saturated carbocycles. The molecule has 0 spiro atoms. The normalized spacial score (nSPS) is 11.1. The fraction of sp³-hybridized carbons (Fsp3) is 0.562. The maximum atomic E-state index is 12.4. The number of anilines is 1. The van der Waals surface area contributed by atoms with Crippen LogP contribution in [0.15, 0.2) is 12.3 Å². The number of carbonyl (C=O) groups excluding carboxylic acids is 1. The fourth-order valence-electron chi connectivity index (χ4n) is 2.50. The van der Waals surface area contributed by atoms with Crippen molar-refractivity contribution in [3.8, 4) is 0 Å². The van der Waals surface area contributed by atoms with Crippen LogP contribution in [0.1, 0.15) is 43.8 Å². The Hall–Kier alpha value is -2.31. The van der Waals surface area contributed by atoms with Gasteiger partial charge < -0.3 is 4.90 Å². The van der Waals surface area contributed by atoms with Crippen LogP contribution in [0.4, 0.5) is 10.6 Å². The molecule has 0 saturated heterocycles. The first-order valence-electron chi connectivity index (χ1n) is 7.93. The first-order valence-corrected chi connectivity index (χ1v) is 7.93. The van der Waals surface area contributed by atoms with Gasteiger partial charge in [0.1, 0.15) is 5.82 Å². The Bertz CT molecular complexity index is 685. The van der Waals surface area contributed by atoms with Crippen LogP contribution in [0.3, 0.4) is 0 Å². The van der Waals surface area contributed by atoms with Crippen LogP contribution in [-0.4, -0.2) is 37.5 Å². The largest absolute Gasteiger partial charge is 0.323 e. The second-order valence-electron chi connectivity index (χ2n) is 6.07. The fourth-order valence-corrected chi connectivity index (χ4v) is 2.50. The predicted molar refractivity (Wildman–Crippen MR) is 90.5 cm³/mol. The van der Waals surface area contributed by atoms with Crippen LogP contribution in [-0.2, 0) is 13.1 Å². The van der Waals surface area contributed by atoms with Crippen molar-refractivity contribution in [2.75, 3.05) is 12.4 Å². The Morgan fingerprint density at radius 3 is 2.65 bits per heavy atom. The van der Waals surface area contributed by atoms with Crippen molar-refractivity contribution in [3.63, 3.8) is 0 Å². The minimum Gasteiger partial charge on any atom is -0.323 e. The average molecular weight is 318 g/mol. The van der Waals surface area contributed by atoms with Gasteiger partial charge in [0.05, 0.1) is 18.4 Å². The Morgan fingerprint density at radius 2 is 2.09 bits per heavy atom. The minimum atomic E-state index is -0.157. The summed E-state index contributed by atoms with van der Waals surface area (Å²) in [6.07, 6.45) is 1.82. The van der Waals surface area contributed by atoms with Gasteiger partial charge in [-0.1, -0.05) is 0 Å². The van der Waals surface area contributed by atoms with Gasteiger partial charge >= 0.3 is 6.03 Å². The summed E-state index contributed by atoms with van der Waals surface area (Å²) in [7, 11) is 1.78. The lowest BCUT2D eigenvalue weighted by molar-refractivity contribution is 0.220. The number of aromatic nitrogens is 4. The highest BCUT2D eigenvalue weighted by atomic mass is 16.2. The number of rotatable bonds is 5. The monoisotopic (exact) mass is 318 g/mol. The van der Waals surface area contributed by atoms with Crippen molar-refractivity contribution < 1.29 is 4.79 Å². The van der Waals surface area contributed by atoms with Gasteiger partial charge in [0.2, 0.25) is 0 Å². The molecular formula is C16H26N6O. The predicted octanol–water partition coefficient (Wildman–Crippen LogP) is 2.96. The number of nitrogens with one attached hydrogen (secondary N) is 1. The number of hydrogen-bond acceptors (Lipinski definition) is 3. The first kappa shape index (κ1) is 17.1. The van der Waals surface area contributed by atoms with E-state index in [0.29, 0.717) is 6.54 Å². The van der Waals surface area contributed by atoms with Gasteiger partial charge in [-0.15, -0.1) is 0 Å². The molecular weight excluding hydrogens is 292 g/mol. The second-order valence-corrected chi connectivity index (χ2v) is 6.07. The van der Waals surface area contributed by atoms with Gasteiger partial charge in [-0.3, -0.25) is 10.00 Å². The lowest BCUT2D eigenvalue weighted by atomic mass is 10.2. The molecule has 7 nitrogen and oxygen atoms in total. The molecule has 0 aromatic carbocycles. The van der Waals surface area contributed by atoms with Crippen LogP contribution in [0.25, 0.3) is 0 Å². The number of urea groups is 1. The number of carbonyl (C=O) groups is 1. The Balaban J connectivity index is 2.07. The molecule has 2 heterocycles. The topological polar surface area (TPSA) is 68.0 Å². The molecule has 0 aliphatic carbocycles. The molecule has 2 aromatic rings. The molecule has 0 bridgehead atoms. The summed E-state index contributed by atoms with van der Waals surface area (Å²) >= 11 is 0. The van der Waals surface area contributed by atoms with Crippen molar-refractivity contribution in [2.24, 2.45) is 0 Å². The molecule has 0 radical (unpaired) electrons. The zero-order valence-electron chi connectivity index (χ0n) is 14.8. The highest BCUT2D eigenvalue weighted by Gasteiger charge is 2.16. The van der Waals surface area contributed by atoms with Gasteiger partial charge in [-0.2, -0.15) is 10.2 Å². The molecule has 126 valence electrons. The van der Waals surface area contributed by atoms with Gasteiger partial charge in [0.15, 0.2) is 0 Å². The van der Waals surface area contributed by atoms with Crippen LogP contribution < -0.4 is 5.32 Å². The van der Waals surface area contributed by atoms with Gasteiger partial charge in [0, 0.05) is 37.0 Å². The van der Waals surface area contributed by atoms with E-state index in [0.717, 1.165) is 29.3 Å². The zero-order chi connectivity index (χ0) is 17.1. The standard InChI is InChI=1S/C16H26N6O/c1-7-21-13(5)14(9-17-21)10-20(6)16(23)18-15-8-12(4)19-22(15)11(2)3/h8-9,11H,7,10H2,1-6H3,(H,18,23). The van der Waals surface area contributed by atoms with E-state index in [-0.39, 0.29) is 12.1 Å². The molecule has 1 N–H and O–H groups in total. The number of aryl methyl sites for hydroxylation is 2. The second kappa shape index (κ2) is 6.85. The van der Waals surface area contributed by atoms with Crippen LogP contribution in [0.2, 0.25) is 0 Å². The summed E-state index contributed by atoms with van der Waals surface area (Å²) in [6.45, 7) is 11.4. The SMILES string of the molecule is CCn1ncc(CN(C)C(=O)Nc2cc(C)nn2C(C)C)c1C. The highest BCUT2D eigenvalue weighted by molar-refractivity contribution is 5.88. The number of amides is 2. The Labute approximate surface area is 137 Å². The molecule has 0 fully saturated rings. The molecule has 0 aliphatic heterocycles. The Kier molecular flexibility index (Phi) is 5.08. The summed E-state index contributed by atoms with van der Waals surface area (Å²) in [5, 5.41) is 11.7. The highest BCUT2D eigenvalue weighted by Crippen LogP contribution is 2.17. The molecule has 23 heavy (non-hydrogen) atoms. The quantitative estimate of drug-likeness (QED) is 0.921. The zero-order valence-corrected chi connectivity index (χ0v) is 14.8. The minimum absolute atomic E-state index is 0.157. The van der Waals surface area contributed by atoms with Crippen molar-refractivity contribution in [1.82, 2.24) is 24.5 Å². The van der Waals surface area contributed by atoms with E-state index in [9.17, 15) is 4.79 Å². The number of hydrogen-bond donors (Lipinski definition) is 1. The van der Waals surface area contributed by atoms with Crippen molar-refractivity contribution in [1.29, 1.82) is 0 Å².